The molecule has 0 spiro atoms. The van der Waals surface area contributed by atoms with Crippen molar-refractivity contribution < 1.29 is 57.4 Å². The predicted molar refractivity (Wildman–Crippen MR) is 378 cm³/mol. The van der Waals surface area contributed by atoms with Crippen LogP contribution in [0.25, 0.3) is 0 Å². The SMILES string of the molecule is CC[SH](CC)[SH](OC(=O)CCc1cc(C(C)(C)C)c(O)c(C(C)(C)C)c1)(OC(=O)CCc1cc(C(C)(C)C)c(O)c(C(C)(C)C)c1)(C(C)OC(=O)CCc1cc(C(C)(C)C)c(O)c(C(C)(C)C)c1)C(C)OC(=O)CCc1cc(C(C)(C)C)c(O)c(C(C)(C)C)c1. The number of benzene rings is 4. The molecule has 0 heterocycles. The Morgan fingerprint density at radius 1 is 0.344 bits per heavy atom. The lowest BCUT2D eigenvalue weighted by Gasteiger charge is -2.74. The zero-order valence-corrected chi connectivity index (χ0v) is 62.6. The van der Waals surface area contributed by atoms with Crippen molar-refractivity contribution in [3.63, 3.8) is 0 Å². The molecule has 0 amide bonds. The van der Waals surface area contributed by atoms with Gasteiger partial charge in [-0.2, -0.15) is 18.7 Å². The third-order valence-electron chi connectivity index (χ3n) is 17.4. The van der Waals surface area contributed by atoms with Gasteiger partial charge in [0.05, 0.1) is 12.8 Å². The van der Waals surface area contributed by atoms with E-state index in [9.17, 15) is 30.0 Å². The molecule has 0 aliphatic rings. The summed E-state index contributed by atoms with van der Waals surface area (Å²) in [5, 5.41) is 46.6. The molecule has 4 aromatic carbocycles. The van der Waals surface area contributed by atoms with Crippen LogP contribution >= 0.6 is 18.7 Å². The van der Waals surface area contributed by atoms with Gasteiger partial charge >= 0.3 is 23.9 Å². The maximum Gasteiger partial charge on any atom is 0.326 e. The molecule has 14 heteroatoms. The van der Waals surface area contributed by atoms with Gasteiger partial charge in [-0.25, -0.2) is 0 Å². The van der Waals surface area contributed by atoms with Crippen LogP contribution in [0, 0.1) is 0 Å². The Morgan fingerprint density at radius 3 is 0.667 bits per heavy atom. The van der Waals surface area contributed by atoms with E-state index in [4.69, 9.17) is 17.8 Å². The number of hydrogen-bond donors (Lipinski definition) is 6. The van der Waals surface area contributed by atoms with Crippen LogP contribution in [0.5, 0.6) is 23.0 Å². The lowest BCUT2D eigenvalue weighted by atomic mass is 9.78. The van der Waals surface area contributed by atoms with E-state index < -0.39 is 96.8 Å². The summed E-state index contributed by atoms with van der Waals surface area (Å²) >= 11 is 0. The van der Waals surface area contributed by atoms with Gasteiger partial charge in [-0.15, -0.1) is 0 Å². The smallest absolute Gasteiger partial charge is 0.326 e. The van der Waals surface area contributed by atoms with Gasteiger partial charge in [-0.3, -0.25) is 19.2 Å². The maximum atomic E-state index is 15.6. The minimum Gasteiger partial charge on any atom is -0.507 e. The van der Waals surface area contributed by atoms with Gasteiger partial charge in [-0.1, -0.05) is 229 Å². The number of thiol groups is 2. The highest BCUT2D eigenvalue weighted by Gasteiger charge is 2.57. The zero-order valence-electron chi connectivity index (χ0n) is 60.8. The van der Waals surface area contributed by atoms with Crippen LogP contribution in [0.1, 0.15) is 286 Å². The minimum atomic E-state index is -5.48. The molecule has 0 aromatic heterocycles. The molecular formula is C76H120O12S2. The summed E-state index contributed by atoms with van der Waals surface area (Å²) in [6, 6.07) is 15.4. The van der Waals surface area contributed by atoms with E-state index in [1.807, 2.05) is 229 Å². The molecule has 0 radical (unpaired) electrons. The lowest BCUT2D eigenvalue weighted by molar-refractivity contribution is -0.150. The first kappa shape index (κ1) is 77.1. The fraction of sp³-hybridized carbons (Fsp3) is 0.632. The molecule has 0 bridgehead atoms. The van der Waals surface area contributed by atoms with Gasteiger partial charge in [0.25, 0.3) is 0 Å². The Balaban J connectivity index is 2.05. The normalized spacial score (nSPS) is 14.5. The molecule has 0 saturated heterocycles. The van der Waals surface area contributed by atoms with E-state index in [-0.39, 0.29) is 74.4 Å². The van der Waals surface area contributed by atoms with Crippen LogP contribution in [-0.2, 0) is 106 Å². The summed E-state index contributed by atoms with van der Waals surface area (Å²) in [5.41, 5.74) is 2.54. The predicted octanol–water partition coefficient (Wildman–Crippen LogP) is 18.4. The number of aryl methyl sites for hydroxylation is 4. The second-order valence-electron chi connectivity index (χ2n) is 33.4. The number of esters is 2. The summed E-state index contributed by atoms with van der Waals surface area (Å²) in [4.78, 5) is 61.2. The van der Waals surface area contributed by atoms with E-state index in [1.165, 1.54) is 0 Å². The quantitative estimate of drug-likeness (QED) is 0.0201. The third-order valence-corrected chi connectivity index (χ3v) is 31.5. The molecule has 0 aliphatic heterocycles. The standard InChI is InChI=1S/C76H120O12S2/c1-29-89(30-2)90(87-63(79)37-33-51-43-57(73(17,18)19)67(83)58(44-51)74(20,21)22,88-64(80)38-34-52-45-59(75(23,24)25)68(84)60(46-52)76(26,27)28,47(3)85-61(77)35-31-49-39-53(69(5,6)7)65(81)54(40-49)70(8,9)10)48(4)86-62(78)36-32-50-41-55(71(11,12)13)66(82)56(42-50)72(14,15)16/h39-48,81-84,89-90H,29-38H2,1-28H3. The maximum absolute atomic E-state index is 15.6. The van der Waals surface area contributed by atoms with E-state index in [0.29, 0.717) is 11.5 Å². The molecule has 508 valence electrons. The second-order valence-corrected chi connectivity index (χ2v) is 43.7. The van der Waals surface area contributed by atoms with Gasteiger partial charge in [0.15, 0.2) is 10.9 Å². The number of carbonyl (C=O) groups is 4. The lowest BCUT2D eigenvalue weighted by Crippen LogP contribution is -2.48. The molecule has 0 aliphatic carbocycles. The number of ether oxygens (including phenoxy) is 2. The van der Waals surface area contributed by atoms with Crippen molar-refractivity contribution in [3.8, 4) is 23.0 Å². The summed E-state index contributed by atoms with van der Waals surface area (Å²) < 4.78 is 27.9. The average molecular weight is 1290 g/mol. The Hall–Kier alpha value is -5.34. The monoisotopic (exact) mass is 1290 g/mol. The van der Waals surface area contributed by atoms with Crippen LogP contribution < -0.4 is 0 Å². The van der Waals surface area contributed by atoms with E-state index >= 15 is 9.59 Å². The Labute approximate surface area is 546 Å². The van der Waals surface area contributed by atoms with Crippen molar-refractivity contribution in [1.82, 2.24) is 0 Å². The van der Waals surface area contributed by atoms with Crippen LogP contribution in [-0.4, -0.2) is 66.7 Å². The Kier molecular flexibility index (Phi) is 23.7. The molecule has 4 aromatic rings. The van der Waals surface area contributed by atoms with Crippen LogP contribution in [0.4, 0.5) is 0 Å². The van der Waals surface area contributed by atoms with Crippen molar-refractivity contribution in [2.45, 2.75) is 299 Å². The Bertz CT molecular complexity index is 2890. The summed E-state index contributed by atoms with van der Waals surface area (Å²) in [5.74, 6) is -1.36. The van der Waals surface area contributed by atoms with Crippen molar-refractivity contribution in [2.24, 2.45) is 0 Å². The zero-order chi connectivity index (χ0) is 69.3. The number of phenols is 4. The summed E-state index contributed by atoms with van der Waals surface area (Å²) in [6.07, 6.45) is 0.0571. The highest BCUT2D eigenvalue weighted by Crippen LogP contribution is 2.92. The van der Waals surface area contributed by atoms with Gasteiger partial charge in [0.1, 0.15) is 23.0 Å². The van der Waals surface area contributed by atoms with Crippen molar-refractivity contribution in [3.05, 3.63) is 115 Å². The number of hydrogen-bond acceptors (Lipinski definition) is 12. The number of phenolic OH excluding ortho intramolecular Hbond substituents is 4. The number of carbonyl (C=O) groups excluding carboxylic acids is 4. The first-order chi connectivity index (χ1) is 40.6. The molecule has 4 N–H and O–H groups in total. The first-order valence-electron chi connectivity index (χ1n) is 32.7. The van der Waals surface area contributed by atoms with Crippen molar-refractivity contribution in [2.75, 3.05) is 11.5 Å². The van der Waals surface area contributed by atoms with Crippen molar-refractivity contribution >= 4 is 42.6 Å². The molecular weight excluding hydrogens is 1170 g/mol. The molecule has 4 rings (SSSR count). The fourth-order valence-electron chi connectivity index (χ4n) is 12.1. The molecule has 0 saturated carbocycles. The number of aromatic hydroxyl groups is 4. The topological polar surface area (TPSA) is 186 Å². The second kappa shape index (κ2) is 27.7. The molecule has 2 unspecified atom stereocenters. The highest BCUT2D eigenvalue weighted by molar-refractivity contribution is 9.06. The van der Waals surface area contributed by atoms with Gasteiger partial charge in [-0.05, 0) is 161 Å². The summed E-state index contributed by atoms with van der Waals surface area (Å²) in [7, 11) is -7.31. The minimum absolute atomic E-state index is 0.138. The third kappa shape index (κ3) is 18.1. The molecule has 0 fully saturated rings. The van der Waals surface area contributed by atoms with E-state index in [0.717, 1.165) is 66.8 Å². The number of rotatable bonds is 21. The molecule has 12 nitrogen and oxygen atoms in total. The average Bonchev–Trinajstić information content (AvgIpc) is 0.710. The van der Waals surface area contributed by atoms with Crippen LogP contribution in [0.2, 0.25) is 0 Å². The van der Waals surface area contributed by atoms with E-state index in [1.54, 1.807) is 13.8 Å². The summed E-state index contributed by atoms with van der Waals surface area (Å²) in [6.45, 7) is 55.7. The fourth-order valence-corrected chi connectivity index (χ4v) is 25.3. The largest absolute Gasteiger partial charge is 0.507 e. The van der Waals surface area contributed by atoms with Crippen LogP contribution in [0.15, 0.2) is 48.5 Å². The van der Waals surface area contributed by atoms with Crippen LogP contribution in [0.3, 0.4) is 0 Å². The van der Waals surface area contributed by atoms with Gasteiger partial charge < -0.3 is 38.3 Å². The molecule has 2 atom stereocenters. The van der Waals surface area contributed by atoms with Crippen molar-refractivity contribution in [1.29, 1.82) is 0 Å². The van der Waals surface area contributed by atoms with Gasteiger partial charge in [0.2, 0.25) is 0 Å². The van der Waals surface area contributed by atoms with E-state index in [2.05, 4.69) is 0 Å². The Morgan fingerprint density at radius 2 is 0.511 bits per heavy atom. The molecule has 90 heavy (non-hydrogen) atoms. The highest BCUT2D eigenvalue weighted by atomic mass is 33.2. The first-order valence-corrected chi connectivity index (χ1v) is 37.4. The van der Waals surface area contributed by atoms with Gasteiger partial charge in [0, 0.05) is 12.8 Å².